The smallest absolute Gasteiger partial charge is 0.407 e. The number of aromatic nitrogens is 1. The van der Waals surface area contributed by atoms with E-state index in [1.807, 2.05) is 67.6 Å². The third-order valence-electron chi connectivity index (χ3n) is 9.84. The number of rotatable bonds is 9. The number of methoxy groups -OCH3 is 1. The lowest BCUT2D eigenvalue weighted by Gasteiger charge is -2.29. The second kappa shape index (κ2) is 15.2. The molecule has 3 aromatic rings. The van der Waals surface area contributed by atoms with Gasteiger partial charge in [0, 0.05) is 41.0 Å². The minimum Gasteiger partial charge on any atom is -0.496 e. The number of carboxylic acid groups (broad SMARTS) is 1. The summed E-state index contributed by atoms with van der Waals surface area (Å²) in [5.41, 5.74) is 1.48. The SMILES string of the molecule is C=C[C@@H]1C[C@]1(NC(=O)[C@@H]1C[C@@H]2CN1C(=O)[C@H](CCCC)NC(=O)OCCC/C=C/c1cc3c(cc(-c4ccccc4)nc3cc1OC)O2)C(=O)O. The van der Waals surface area contributed by atoms with Crippen LogP contribution in [0.2, 0.25) is 0 Å². The van der Waals surface area contributed by atoms with Crippen molar-refractivity contribution < 1.29 is 38.5 Å². The summed E-state index contributed by atoms with van der Waals surface area (Å²) in [6.45, 7) is 5.86. The predicted octanol–water partition coefficient (Wildman–Crippen LogP) is 5.50. The maximum Gasteiger partial charge on any atom is 0.407 e. The number of benzene rings is 2. The highest BCUT2D eigenvalue weighted by atomic mass is 16.5. The minimum atomic E-state index is -1.49. The van der Waals surface area contributed by atoms with E-state index in [1.54, 1.807) is 7.11 Å². The number of cyclic esters (lactones) is 1. The van der Waals surface area contributed by atoms with Gasteiger partial charge in [-0.2, -0.15) is 0 Å². The van der Waals surface area contributed by atoms with E-state index in [9.17, 15) is 24.3 Å². The monoisotopic (exact) mass is 696 g/mol. The number of carbonyl (C=O) groups is 4. The normalized spacial score (nSPS) is 25.5. The number of amides is 3. The number of aliphatic carboxylic acids is 1. The van der Waals surface area contributed by atoms with E-state index >= 15 is 0 Å². The number of unbranched alkanes of at least 4 members (excludes halogenated alkanes) is 1. The van der Waals surface area contributed by atoms with E-state index in [-0.39, 0.29) is 26.0 Å². The van der Waals surface area contributed by atoms with E-state index in [2.05, 4.69) is 17.2 Å². The second-order valence-corrected chi connectivity index (χ2v) is 13.3. The summed E-state index contributed by atoms with van der Waals surface area (Å²) in [5.74, 6) is -1.55. The van der Waals surface area contributed by atoms with E-state index in [4.69, 9.17) is 19.2 Å². The molecule has 1 aliphatic carbocycles. The Labute approximate surface area is 296 Å². The molecule has 3 N–H and O–H groups in total. The molecule has 268 valence electrons. The molecule has 2 aromatic carbocycles. The van der Waals surface area contributed by atoms with Gasteiger partial charge >= 0.3 is 12.1 Å². The van der Waals surface area contributed by atoms with Crippen LogP contribution in [0.25, 0.3) is 28.2 Å². The Morgan fingerprint density at radius 3 is 2.73 bits per heavy atom. The molecule has 1 saturated heterocycles. The zero-order chi connectivity index (χ0) is 36.1. The number of fused-ring (bicyclic) bond motifs is 3. The van der Waals surface area contributed by atoms with Gasteiger partial charge in [0.25, 0.3) is 0 Å². The number of nitrogens with zero attached hydrogens (tertiary/aromatic N) is 2. The van der Waals surface area contributed by atoms with Gasteiger partial charge in [0.05, 0.1) is 31.5 Å². The molecule has 6 rings (SSSR count). The van der Waals surface area contributed by atoms with Crippen molar-refractivity contribution in [2.75, 3.05) is 20.3 Å². The maximum absolute atomic E-state index is 14.3. The van der Waals surface area contributed by atoms with E-state index in [0.717, 1.165) is 22.9 Å². The average molecular weight is 697 g/mol. The summed E-state index contributed by atoms with van der Waals surface area (Å²) in [5, 5.41) is 16.2. The van der Waals surface area contributed by atoms with Crippen LogP contribution >= 0.6 is 0 Å². The molecule has 0 unspecified atom stereocenters. The standard InChI is InChI=1S/C39H44N4O8/c1-4-6-16-29-36(45)43-23-27(19-32(43)35(44)42-39(37(46)47)22-26(39)5-2)51-34-20-30(24-13-9-7-10-14-24)40-31-21-33(49-3)25(18-28(31)34)15-11-8-12-17-50-38(48)41-29/h5,7,9-11,13-15,18,20-21,26-27,29,32H,2,4,6,8,12,16-17,19,22-23H2,1,3H3,(H,41,48)(H,42,44)(H,46,47)/b15-11+/t26-,27-,29+,32+,39-/m1/s1. The van der Waals surface area contributed by atoms with Crippen LogP contribution in [0, 0.1) is 5.92 Å². The first-order valence-electron chi connectivity index (χ1n) is 17.5. The molecule has 1 aromatic heterocycles. The van der Waals surface area contributed by atoms with Crippen LogP contribution in [0.4, 0.5) is 4.79 Å². The summed E-state index contributed by atoms with van der Waals surface area (Å²) < 4.78 is 17.9. The maximum atomic E-state index is 14.3. The predicted molar refractivity (Wildman–Crippen MR) is 191 cm³/mol. The van der Waals surface area contributed by atoms with Crippen LogP contribution in [-0.2, 0) is 19.1 Å². The highest BCUT2D eigenvalue weighted by Crippen LogP contribution is 2.45. The number of ether oxygens (including phenoxy) is 3. The zero-order valence-corrected chi connectivity index (χ0v) is 28.9. The molecule has 3 heterocycles. The lowest BCUT2D eigenvalue weighted by atomic mass is 10.0. The third kappa shape index (κ3) is 7.54. The van der Waals surface area contributed by atoms with Crippen LogP contribution in [0.5, 0.6) is 11.5 Å². The first-order valence-corrected chi connectivity index (χ1v) is 17.5. The molecule has 51 heavy (non-hydrogen) atoms. The molecular formula is C39H44N4O8. The Morgan fingerprint density at radius 2 is 2.02 bits per heavy atom. The first-order chi connectivity index (χ1) is 24.7. The van der Waals surface area contributed by atoms with Crippen molar-refractivity contribution in [3.63, 3.8) is 0 Å². The fourth-order valence-electron chi connectivity index (χ4n) is 6.90. The van der Waals surface area contributed by atoms with Crippen molar-refractivity contribution in [1.82, 2.24) is 20.5 Å². The zero-order valence-electron chi connectivity index (χ0n) is 28.9. The van der Waals surface area contributed by atoms with Gasteiger partial charge in [-0.3, -0.25) is 9.59 Å². The summed E-state index contributed by atoms with van der Waals surface area (Å²) in [4.78, 5) is 59.8. The molecule has 3 aliphatic rings. The van der Waals surface area contributed by atoms with Gasteiger partial charge in [-0.15, -0.1) is 6.58 Å². The van der Waals surface area contributed by atoms with Crippen LogP contribution < -0.4 is 20.1 Å². The van der Waals surface area contributed by atoms with Gasteiger partial charge in [-0.05, 0) is 31.7 Å². The van der Waals surface area contributed by atoms with E-state index in [0.29, 0.717) is 48.4 Å². The lowest BCUT2D eigenvalue weighted by Crippen LogP contribution is -2.56. The Bertz CT molecular complexity index is 1850. The van der Waals surface area contributed by atoms with Crippen LogP contribution in [0.15, 0.2) is 67.3 Å². The molecule has 12 heteroatoms. The van der Waals surface area contributed by atoms with Crippen LogP contribution in [-0.4, -0.2) is 82.9 Å². The highest BCUT2D eigenvalue weighted by Gasteiger charge is 2.61. The highest BCUT2D eigenvalue weighted by molar-refractivity contribution is 5.96. The third-order valence-corrected chi connectivity index (χ3v) is 9.84. The number of pyridine rings is 1. The lowest BCUT2D eigenvalue weighted by molar-refractivity contribution is -0.145. The fourth-order valence-corrected chi connectivity index (χ4v) is 6.90. The van der Waals surface area contributed by atoms with Gasteiger partial charge in [-0.1, -0.05) is 68.3 Å². The van der Waals surface area contributed by atoms with Gasteiger partial charge in [0.1, 0.15) is 35.2 Å². The minimum absolute atomic E-state index is 0.0225. The molecule has 5 atom stereocenters. The fraction of sp³-hybridized carbons (Fsp3) is 0.410. The molecule has 0 spiro atoms. The largest absolute Gasteiger partial charge is 0.496 e. The second-order valence-electron chi connectivity index (χ2n) is 13.3. The number of hydrogen-bond acceptors (Lipinski definition) is 8. The van der Waals surface area contributed by atoms with Crippen molar-refractivity contribution >= 4 is 40.9 Å². The number of allylic oxidation sites excluding steroid dienone is 1. The van der Waals surface area contributed by atoms with Crippen molar-refractivity contribution in [3.8, 4) is 22.8 Å². The summed E-state index contributed by atoms with van der Waals surface area (Å²) in [7, 11) is 1.60. The van der Waals surface area contributed by atoms with Crippen LogP contribution in [0.3, 0.4) is 0 Å². The van der Waals surface area contributed by atoms with E-state index in [1.165, 1.54) is 11.0 Å². The molecular weight excluding hydrogens is 652 g/mol. The molecule has 0 radical (unpaired) electrons. The van der Waals surface area contributed by atoms with E-state index < -0.39 is 53.5 Å². The first kappa shape index (κ1) is 35.4. The van der Waals surface area contributed by atoms with Gasteiger partial charge in [-0.25, -0.2) is 14.6 Å². The number of alkyl carbamates (subject to hydrolysis) is 1. The molecule has 2 fully saturated rings. The quantitative estimate of drug-likeness (QED) is 0.246. The molecule has 3 amide bonds. The molecule has 12 nitrogen and oxygen atoms in total. The topological polar surface area (TPSA) is 156 Å². The number of hydrogen-bond donors (Lipinski definition) is 3. The Morgan fingerprint density at radius 1 is 1.22 bits per heavy atom. The van der Waals surface area contributed by atoms with Crippen molar-refractivity contribution in [2.24, 2.45) is 5.92 Å². The van der Waals surface area contributed by atoms with Crippen molar-refractivity contribution in [3.05, 3.63) is 72.8 Å². The Balaban J connectivity index is 1.43. The molecule has 4 bridgehead atoms. The number of nitrogens with one attached hydrogen (secondary N) is 2. The van der Waals surface area contributed by atoms with Crippen molar-refractivity contribution in [1.29, 1.82) is 0 Å². The van der Waals surface area contributed by atoms with Gasteiger partial charge in [0.2, 0.25) is 11.8 Å². The number of carbonyl (C=O) groups excluding carboxylic acids is 3. The average Bonchev–Trinajstić information content (AvgIpc) is 3.70. The van der Waals surface area contributed by atoms with Gasteiger partial charge < -0.3 is 34.9 Å². The summed E-state index contributed by atoms with van der Waals surface area (Å²) in [6.07, 6.45) is 7.28. The van der Waals surface area contributed by atoms with Crippen LogP contribution in [0.1, 0.15) is 57.4 Å². The summed E-state index contributed by atoms with van der Waals surface area (Å²) >= 11 is 0. The molecule has 2 aliphatic heterocycles. The summed E-state index contributed by atoms with van der Waals surface area (Å²) in [6, 6.07) is 13.3. The Kier molecular flexibility index (Phi) is 10.6. The van der Waals surface area contributed by atoms with Crippen molar-refractivity contribution in [2.45, 2.75) is 75.6 Å². The van der Waals surface area contributed by atoms with Gasteiger partial charge in [0.15, 0.2) is 0 Å². The molecule has 1 saturated carbocycles. The number of carboxylic acids is 1. The Hall–Kier alpha value is -5.39.